The summed E-state index contributed by atoms with van der Waals surface area (Å²) in [7, 11) is 2.18. The van der Waals surface area contributed by atoms with Gasteiger partial charge in [-0.2, -0.15) is 0 Å². The normalized spacial score (nSPS) is 24.6. The summed E-state index contributed by atoms with van der Waals surface area (Å²) in [6.45, 7) is 7.95. The van der Waals surface area contributed by atoms with Crippen LogP contribution in [0.2, 0.25) is 0 Å². The van der Waals surface area contributed by atoms with Crippen molar-refractivity contribution in [1.82, 2.24) is 19.4 Å². The lowest BCUT2D eigenvalue weighted by molar-refractivity contribution is 0.144. The van der Waals surface area contributed by atoms with Crippen LogP contribution in [0.5, 0.6) is 0 Å². The van der Waals surface area contributed by atoms with E-state index in [2.05, 4.69) is 32.6 Å². The molecule has 25 heavy (non-hydrogen) atoms. The fraction of sp³-hybridized carbons (Fsp3) is 0.632. The summed E-state index contributed by atoms with van der Waals surface area (Å²) in [6, 6.07) is 4.00. The van der Waals surface area contributed by atoms with Crippen LogP contribution in [-0.4, -0.2) is 59.2 Å². The van der Waals surface area contributed by atoms with Gasteiger partial charge in [0.15, 0.2) is 0 Å². The maximum absolute atomic E-state index is 5.57. The highest BCUT2D eigenvalue weighted by molar-refractivity contribution is 4.99. The Morgan fingerprint density at radius 2 is 2.28 bits per heavy atom. The van der Waals surface area contributed by atoms with E-state index in [1.165, 1.54) is 12.2 Å². The minimum Gasteiger partial charge on any atom is -0.468 e. The number of ether oxygens (including phenoxy) is 1. The second-order valence-corrected chi connectivity index (χ2v) is 7.56. The SMILES string of the molecule is CN(Cc1ccco1)CC1CN(CC2CCOC2)Cc2nccn2C1. The Morgan fingerprint density at radius 1 is 1.32 bits per heavy atom. The van der Waals surface area contributed by atoms with Crippen LogP contribution in [0.1, 0.15) is 18.0 Å². The number of imidazole rings is 1. The Balaban J connectivity index is 1.41. The molecule has 0 saturated carbocycles. The second-order valence-electron chi connectivity index (χ2n) is 7.56. The Morgan fingerprint density at radius 3 is 3.08 bits per heavy atom. The molecule has 0 N–H and O–H groups in total. The summed E-state index contributed by atoms with van der Waals surface area (Å²) >= 11 is 0. The van der Waals surface area contributed by atoms with Gasteiger partial charge in [-0.15, -0.1) is 0 Å². The average Bonchev–Trinajstić information content (AvgIpc) is 3.31. The molecule has 136 valence electrons. The van der Waals surface area contributed by atoms with E-state index in [0.29, 0.717) is 11.8 Å². The predicted molar refractivity (Wildman–Crippen MR) is 95.0 cm³/mol. The molecule has 2 aliphatic rings. The summed E-state index contributed by atoms with van der Waals surface area (Å²) in [4.78, 5) is 9.52. The van der Waals surface area contributed by atoms with E-state index < -0.39 is 0 Å². The van der Waals surface area contributed by atoms with Crippen molar-refractivity contribution in [2.45, 2.75) is 26.1 Å². The Labute approximate surface area is 149 Å². The summed E-state index contributed by atoms with van der Waals surface area (Å²) in [5.74, 6) is 3.47. The molecular formula is C19H28N4O2. The number of furan rings is 1. The predicted octanol–water partition coefficient (Wildman–Crippen LogP) is 2.08. The molecule has 0 radical (unpaired) electrons. The van der Waals surface area contributed by atoms with E-state index in [-0.39, 0.29) is 0 Å². The van der Waals surface area contributed by atoms with Crippen molar-refractivity contribution in [3.63, 3.8) is 0 Å². The molecule has 2 unspecified atom stereocenters. The van der Waals surface area contributed by atoms with Crippen molar-refractivity contribution in [2.24, 2.45) is 11.8 Å². The minimum absolute atomic E-state index is 0.581. The molecule has 2 aromatic rings. The third-order valence-corrected chi connectivity index (χ3v) is 5.25. The van der Waals surface area contributed by atoms with Crippen molar-refractivity contribution in [1.29, 1.82) is 0 Å². The molecule has 2 atom stereocenters. The fourth-order valence-corrected chi connectivity index (χ4v) is 4.14. The Hall–Kier alpha value is -1.63. The number of hydrogen-bond acceptors (Lipinski definition) is 5. The molecule has 0 amide bonds. The monoisotopic (exact) mass is 344 g/mol. The van der Waals surface area contributed by atoms with Crippen LogP contribution < -0.4 is 0 Å². The van der Waals surface area contributed by atoms with Crippen molar-refractivity contribution < 1.29 is 9.15 Å². The lowest BCUT2D eigenvalue weighted by Crippen LogP contribution is -2.37. The van der Waals surface area contributed by atoms with Gasteiger partial charge in [0.05, 0.1) is 26.0 Å². The summed E-state index contributed by atoms with van der Waals surface area (Å²) in [5, 5.41) is 0. The first-order valence-electron chi connectivity index (χ1n) is 9.27. The van der Waals surface area contributed by atoms with E-state index in [1.807, 2.05) is 18.3 Å². The third-order valence-electron chi connectivity index (χ3n) is 5.25. The molecule has 0 aromatic carbocycles. The average molecular weight is 344 g/mol. The molecule has 2 aromatic heterocycles. The van der Waals surface area contributed by atoms with E-state index >= 15 is 0 Å². The molecule has 0 spiro atoms. The number of hydrogen-bond donors (Lipinski definition) is 0. The molecular weight excluding hydrogens is 316 g/mol. The first-order valence-corrected chi connectivity index (χ1v) is 9.27. The first kappa shape index (κ1) is 16.8. The van der Waals surface area contributed by atoms with E-state index in [0.717, 1.165) is 58.2 Å². The van der Waals surface area contributed by atoms with Crippen molar-refractivity contribution in [3.8, 4) is 0 Å². The molecule has 1 saturated heterocycles. The van der Waals surface area contributed by atoms with Crippen LogP contribution in [0.3, 0.4) is 0 Å². The molecule has 2 aliphatic heterocycles. The molecule has 6 nitrogen and oxygen atoms in total. The summed E-state index contributed by atoms with van der Waals surface area (Å²) in [6.07, 6.45) is 6.99. The van der Waals surface area contributed by atoms with Gasteiger partial charge in [0.2, 0.25) is 0 Å². The van der Waals surface area contributed by atoms with Crippen molar-refractivity contribution >= 4 is 0 Å². The van der Waals surface area contributed by atoms with Crippen LogP contribution in [0.15, 0.2) is 35.2 Å². The maximum atomic E-state index is 5.57. The van der Waals surface area contributed by atoms with Crippen LogP contribution >= 0.6 is 0 Å². The number of rotatable bonds is 6. The topological polar surface area (TPSA) is 46.7 Å². The van der Waals surface area contributed by atoms with Gasteiger partial charge in [0.1, 0.15) is 11.6 Å². The summed E-state index contributed by atoms with van der Waals surface area (Å²) < 4.78 is 13.4. The zero-order chi connectivity index (χ0) is 17.1. The highest BCUT2D eigenvalue weighted by Crippen LogP contribution is 2.21. The minimum atomic E-state index is 0.581. The van der Waals surface area contributed by atoms with Gasteiger partial charge in [-0.3, -0.25) is 9.80 Å². The lowest BCUT2D eigenvalue weighted by Gasteiger charge is -2.28. The quantitative estimate of drug-likeness (QED) is 0.803. The zero-order valence-electron chi connectivity index (χ0n) is 15.0. The lowest BCUT2D eigenvalue weighted by atomic mass is 10.1. The van der Waals surface area contributed by atoms with E-state index in [9.17, 15) is 0 Å². The second kappa shape index (κ2) is 7.72. The number of fused-ring (bicyclic) bond motifs is 1. The van der Waals surface area contributed by atoms with Gasteiger partial charge in [0, 0.05) is 51.1 Å². The first-order chi connectivity index (χ1) is 12.3. The number of nitrogens with zero attached hydrogens (tertiary/aromatic N) is 4. The van der Waals surface area contributed by atoms with E-state index in [1.54, 1.807) is 6.26 Å². The van der Waals surface area contributed by atoms with Crippen LogP contribution in [-0.2, 0) is 24.4 Å². The fourth-order valence-electron chi connectivity index (χ4n) is 4.14. The molecule has 0 bridgehead atoms. The summed E-state index contributed by atoms with van der Waals surface area (Å²) in [5.41, 5.74) is 0. The molecule has 0 aliphatic carbocycles. The van der Waals surface area contributed by atoms with Crippen LogP contribution in [0.25, 0.3) is 0 Å². The molecule has 1 fully saturated rings. The highest BCUT2D eigenvalue weighted by atomic mass is 16.5. The van der Waals surface area contributed by atoms with Crippen LogP contribution in [0.4, 0.5) is 0 Å². The molecule has 4 rings (SSSR count). The van der Waals surface area contributed by atoms with E-state index in [4.69, 9.17) is 9.15 Å². The van der Waals surface area contributed by atoms with Gasteiger partial charge in [-0.1, -0.05) is 0 Å². The highest BCUT2D eigenvalue weighted by Gasteiger charge is 2.26. The third kappa shape index (κ3) is 4.32. The van der Waals surface area contributed by atoms with Gasteiger partial charge in [0.25, 0.3) is 0 Å². The Bertz CT molecular complexity index is 648. The molecule has 6 heteroatoms. The standard InChI is InChI=1S/C19H28N4O2/c1-21(13-18-3-2-7-25-18)9-17-11-22(10-16-4-8-24-15-16)14-19-20-5-6-23(19)12-17/h2-3,5-7,16-17H,4,8-15H2,1H3. The van der Waals surface area contributed by atoms with Gasteiger partial charge in [-0.25, -0.2) is 4.98 Å². The van der Waals surface area contributed by atoms with Gasteiger partial charge >= 0.3 is 0 Å². The maximum Gasteiger partial charge on any atom is 0.122 e. The largest absolute Gasteiger partial charge is 0.468 e. The van der Waals surface area contributed by atoms with Gasteiger partial charge < -0.3 is 13.7 Å². The van der Waals surface area contributed by atoms with Gasteiger partial charge in [-0.05, 0) is 31.5 Å². The smallest absolute Gasteiger partial charge is 0.122 e. The van der Waals surface area contributed by atoms with Crippen molar-refractivity contribution in [3.05, 3.63) is 42.4 Å². The molecule has 4 heterocycles. The van der Waals surface area contributed by atoms with Crippen molar-refractivity contribution in [2.75, 3.05) is 39.9 Å². The number of aromatic nitrogens is 2. The van der Waals surface area contributed by atoms with Crippen LogP contribution in [0, 0.1) is 11.8 Å². The zero-order valence-corrected chi connectivity index (χ0v) is 15.0. The Kier molecular flexibility index (Phi) is 5.20.